The lowest BCUT2D eigenvalue weighted by molar-refractivity contribution is 0.0980. The minimum absolute atomic E-state index is 0.0127. The van der Waals surface area contributed by atoms with Crippen molar-refractivity contribution in [2.24, 2.45) is 0 Å². The van der Waals surface area contributed by atoms with E-state index in [0.717, 1.165) is 0 Å². The summed E-state index contributed by atoms with van der Waals surface area (Å²) in [4.78, 5) is 0. The molecule has 0 amide bonds. The van der Waals surface area contributed by atoms with Gasteiger partial charge in [0.1, 0.15) is 5.25 Å². The number of hydrogen-bond donors (Lipinski definition) is 0. The Morgan fingerprint density at radius 2 is 2.20 bits per heavy atom. The molecule has 5 heteroatoms. The van der Waals surface area contributed by atoms with Gasteiger partial charge in [0, 0.05) is 6.61 Å². The van der Waals surface area contributed by atoms with E-state index in [2.05, 4.69) is 0 Å². The fourth-order valence-corrected chi connectivity index (χ4v) is 1.64. The topological polar surface area (TPSA) is 43.4 Å². The highest BCUT2D eigenvalue weighted by molar-refractivity contribution is 7.87. The van der Waals surface area contributed by atoms with E-state index in [1.807, 2.05) is 0 Å². The van der Waals surface area contributed by atoms with Gasteiger partial charge in [0.15, 0.2) is 0 Å². The van der Waals surface area contributed by atoms with Crippen LogP contribution in [-0.2, 0) is 15.0 Å². The Hall–Kier alpha value is -0.160. The molecule has 0 bridgehead atoms. The monoisotopic (exact) mass is 168 g/mol. The van der Waals surface area contributed by atoms with Crippen molar-refractivity contribution in [1.29, 1.82) is 0 Å². The maximum atomic E-state index is 12.2. The average Bonchev–Trinajstić information content (AvgIpc) is 1.88. The van der Waals surface area contributed by atoms with E-state index in [4.69, 9.17) is 4.74 Å². The Kier molecular flexibility index (Phi) is 2.25. The predicted octanol–water partition coefficient (Wildman–Crippen LogP) is 0.465. The molecule has 1 heterocycles. The Morgan fingerprint density at radius 1 is 1.50 bits per heavy atom. The minimum atomic E-state index is -4.35. The van der Waals surface area contributed by atoms with Gasteiger partial charge in [0.2, 0.25) is 0 Å². The summed E-state index contributed by atoms with van der Waals surface area (Å²) in [7, 11) is -4.35. The summed E-state index contributed by atoms with van der Waals surface area (Å²) in [5.41, 5.74) is 0. The van der Waals surface area contributed by atoms with Crippen molar-refractivity contribution in [2.75, 3.05) is 13.2 Å². The van der Waals surface area contributed by atoms with Crippen LogP contribution in [0.4, 0.5) is 3.89 Å². The van der Waals surface area contributed by atoms with Crippen molar-refractivity contribution in [3.8, 4) is 0 Å². The second-order valence-corrected chi connectivity index (χ2v) is 3.93. The van der Waals surface area contributed by atoms with Crippen LogP contribution in [0.1, 0.15) is 12.8 Å². The molecule has 0 saturated carbocycles. The first kappa shape index (κ1) is 7.94. The SMILES string of the molecule is O=S(=O)(F)[C@@H]1CCCOC1. The third-order valence-electron chi connectivity index (χ3n) is 1.52. The van der Waals surface area contributed by atoms with Crippen molar-refractivity contribution in [1.82, 2.24) is 0 Å². The zero-order valence-electron chi connectivity index (χ0n) is 5.42. The molecule has 0 N–H and O–H groups in total. The lowest BCUT2D eigenvalue weighted by Gasteiger charge is -2.17. The molecule has 60 valence electrons. The lowest BCUT2D eigenvalue weighted by atomic mass is 10.2. The first-order valence-electron chi connectivity index (χ1n) is 3.12. The van der Waals surface area contributed by atoms with Crippen molar-refractivity contribution >= 4 is 10.2 Å². The van der Waals surface area contributed by atoms with Gasteiger partial charge >= 0.3 is 10.2 Å². The van der Waals surface area contributed by atoms with Gasteiger partial charge < -0.3 is 4.74 Å². The molecule has 0 aliphatic carbocycles. The van der Waals surface area contributed by atoms with Crippen molar-refractivity contribution in [2.45, 2.75) is 18.1 Å². The summed E-state index contributed by atoms with van der Waals surface area (Å²) >= 11 is 0. The number of ether oxygens (including phenoxy) is 1. The molecular formula is C5H9FO3S. The summed E-state index contributed by atoms with van der Waals surface area (Å²) in [6.45, 7) is 0.560. The van der Waals surface area contributed by atoms with Crippen molar-refractivity contribution < 1.29 is 17.0 Å². The molecule has 1 aliphatic heterocycles. The van der Waals surface area contributed by atoms with Crippen LogP contribution in [0.15, 0.2) is 0 Å². The summed E-state index contributed by atoms with van der Waals surface area (Å²) in [6.07, 6.45) is 1.02. The molecule has 0 aromatic rings. The summed E-state index contributed by atoms with van der Waals surface area (Å²) in [6, 6.07) is 0. The van der Waals surface area contributed by atoms with Crippen molar-refractivity contribution in [3.05, 3.63) is 0 Å². The van der Waals surface area contributed by atoms with Gasteiger partial charge in [-0.05, 0) is 12.8 Å². The molecule has 1 rings (SSSR count). The van der Waals surface area contributed by atoms with Crippen LogP contribution in [0.3, 0.4) is 0 Å². The summed E-state index contributed by atoms with van der Waals surface area (Å²) in [5, 5.41) is -0.916. The summed E-state index contributed by atoms with van der Waals surface area (Å²) in [5.74, 6) is 0. The molecular weight excluding hydrogens is 159 g/mol. The largest absolute Gasteiger partial charge is 0.380 e. The van der Waals surface area contributed by atoms with Crippen LogP contribution in [-0.4, -0.2) is 26.9 Å². The van der Waals surface area contributed by atoms with Crippen LogP contribution in [0, 0.1) is 0 Å². The molecule has 10 heavy (non-hydrogen) atoms. The maximum Gasteiger partial charge on any atom is 0.307 e. The Morgan fingerprint density at radius 3 is 2.50 bits per heavy atom. The first-order valence-corrected chi connectivity index (χ1v) is 4.56. The van der Waals surface area contributed by atoms with Crippen LogP contribution < -0.4 is 0 Å². The Bertz CT molecular complexity index is 193. The molecule has 0 aromatic carbocycles. The van der Waals surface area contributed by atoms with Crippen LogP contribution >= 0.6 is 0 Å². The minimum Gasteiger partial charge on any atom is -0.380 e. The standard InChI is InChI=1S/C5H9FO3S/c6-10(7,8)5-2-1-3-9-4-5/h5H,1-4H2/t5-/m1/s1. The fraction of sp³-hybridized carbons (Fsp3) is 1.00. The molecule has 1 saturated heterocycles. The van der Waals surface area contributed by atoms with Gasteiger partial charge in [0.05, 0.1) is 6.61 Å². The zero-order valence-corrected chi connectivity index (χ0v) is 6.23. The quantitative estimate of drug-likeness (QED) is 0.534. The Labute approximate surface area is 59.4 Å². The smallest absolute Gasteiger partial charge is 0.307 e. The van der Waals surface area contributed by atoms with E-state index in [-0.39, 0.29) is 6.61 Å². The van der Waals surface area contributed by atoms with Gasteiger partial charge in [-0.1, -0.05) is 0 Å². The van der Waals surface area contributed by atoms with Gasteiger partial charge in [-0.25, -0.2) is 0 Å². The predicted molar refractivity (Wildman–Crippen MR) is 33.9 cm³/mol. The average molecular weight is 168 g/mol. The normalized spacial score (nSPS) is 28.3. The lowest BCUT2D eigenvalue weighted by Crippen LogP contribution is -2.28. The van der Waals surface area contributed by atoms with Crippen LogP contribution in [0.25, 0.3) is 0 Å². The van der Waals surface area contributed by atoms with E-state index < -0.39 is 15.5 Å². The highest BCUT2D eigenvalue weighted by atomic mass is 32.3. The molecule has 0 aromatic heterocycles. The fourth-order valence-electron chi connectivity index (χ4n) is 0.933. The maximum absolute atomic E-state index is 12.2. The summed E-state index contributed by atoms with van der Waals surface area (Å²) < 4.78 is 37.4. The first-order chi connectivity index (χ1) is 4.61. The van der Waals surface area contributed by atoms with Crippen molar-refractivity contribution in [3.63, 3.8) is 0 Å². The third-order valence-corrected chi connectivity index (χ3v) is 2.68. The van der Waals surface area contributed by atoms with Crippen LogP contribution in [0.5, 0.6) is 0 Å². The second-order valence-electron chi connectivity index (χ2n) is 2.31. The van der Waals surface area contributed by atoms with E-state index in [9.17, 15) is 12.3 Å². The van der Waals surface area contributed by atoms with E-state index in [1.54, 1.807) is 0 Å². The van der Waals surface area contributed by atoms with Gasteiger partial charge in [-0.15, -0.1) is 3.89 Å². The highest BCUT2D eigenvalue weighted by Crippen LogP contribution is 2.15. The molecule has 1 fully saturated rings. The second kappa shape index (κ2) is 2.84. The molecule has 1 atom stereocenters. The molecule has 3 nitrogen and oxygen atoms in total. The van der Waals surface area contributed by atoms with E-state index in [0.29, 0.717) is 19.4 Å². The van der Waals surface area contributed by atoms with Crippen LogP contribution in [0.2, 0.25) is 0 Å². The van der Waals surface area contributed by atoms with Gasteiger partial charge in [0.25, 0.3) is 0 Å². The Balaban J connectivity index is 2.56. The molecule has 0 radical (unpaired) electrons. The molecule has 0 unspecified atom stereocenters. The zero-order chi connectivity index (χ0) is 7.61. The third kappa shape index (κ3) is 1.91. The highest BCUT2D eigenvalue weighted by Gasteiger charge is 2.26. The van der Waals surface area contributed by atoms with E-state index in [1.165, 1.54) is 0 Å². The number of halogens is 1. The van der Waals surface area contributed by atoms with Gasteiger partial charge in [-0.3, -0.25) is 0 Å². The number of rotatable bonds is 1. The van der Waals surface area contributed by atoms with E-state index >= 15 is 0 Å². The van der Waals surface area contributed by atoms with Gasteiger partial charge in [-0.2, -0.15) is 8.42 Å². The molecule has 0 spiro atoms. The number of hydrogen-bond acceptors (Lipinski definition) is 3. The molecule has 1 aliphatic rings.